The van der Waals surface area contributed by atoms with Gasteiger partial charge < -0.3 is 10.1 Å². The summed E-state index contributed by atoms with van der Waals surface area (Å²) in [6, 6.07) is 0. The molecular formula is C11H20N4O2. The quantitative estimate of drug-likeness (QED) is 0.654. The molecule has 6 heteroatoms. The molecule has 1 amide bonds. The van der Waals surface area contributed by atoms with Gasteiger partial charge in [-0.15, -0.1) is 0 Å². The van der Waals surface area contributed by atoms with Crippen LogP contribution >= 0.6 is 0 Å². The number of nitrogens with zero attached hydrogens (tertiary/aromatic N) is 2. The van der Waals surface area contributed by atoms with E-state index < -0.39 is 0 Å². The third kappa shape index (κ3) is 6.01. The molecule has 0 spiro atoms. The summed E-state index contributed by atoms with van der Waals surface area (Å²) < 4.78 is 5.08. The Morgan fingerprint density at radius 2 is 2.47 bits per heavy atom. The number of aryl methyl sites for hydroxylation is 1. The van der Waals surface area contributed by atoms with Gasteiger partial charge in [-0.2, -0.15) is 5.10 Å². The number of methoxy groups -OCH3 is 1. The number of H-pyrrole nitrogens is 1. The number of nitrogens with one attached hydrogen (secondary N) is 2. The Bertz CT molecular complexity index is 313. The van der Waals surface area contributed by atoms with E-state index in [4.69, 9.17) is 4.74 Å². The molecule has 6 nitrogen and oxygen atoms in total. The number of ether oxygens (including phenoxy) is 1. The van der Waals surface area contributed by atoms with Gasteiger partial charge in [0.2, 0.25) is 5.91 Å². The van der Waals surface area contributed by atoms with Crippen molar-refractivity contribution in [2.45, 2.75) is 38.7 Å². The van der Waals surface area contributed by atoms with Crippen LogP contribution in [0.2, 0.25) is 0 Å². The second kappa shape index (κ2) is 7.78. The largest absolute Gasteiger partial charge is 0.382 e. The zero-order valence-electron chi connectivity index (χ0n) is 10.4. The lowest BCUT2D eigenvalue weighted by Crippen LogP contribution is -2.25. The van der Waals surface area contributed by atoms with Crippen molar-refractivity contribution in [1.82, 2.24) is 20.5 Å². The predicted octanol–water partition coefficient (Wildman–Crippen LogP) is 0.669. The number of aromatic nitrogens is 3. The zero-order chi connectivity index (χ0) is 12.5. The molecule has 1 unspecified atom stereocenters. The van der Waals surface area contributed by atoms with E-state index in [1.165, 1.54) is 6.33 Å². The first-order valence-corrected chi connectivity index (χ1v) is 5.86. The van der Waals surface area contributed by atoms with Crippen molar-refractivity contribution < 1.29 is 9.53 Å². The van der Waals surface area contributed by atoms with E-state index in [0.29, 0.717) is 13.0 Å². The van der Waals surface area contributed by atoms with E-state index >= 15 is 0 Å². The van der Waals surface area contributed by atoms with Crippen molar-refractivity contribution >= 4 is 5.91 Å². The van der Waals surface area contributed by atoms with Crippen molar-refractivity contribution in [3.63, 3.8) is 0 Å². The highest BCUT2D eigenvalue weighted by molar-refractivity contribution is 5.75. The van der Waals surface area contributed by atoms with E-state index in [-0.39, 0.29) is 12.0 Å². The number of hydrogen-bond donors (Lipinski definition) is 2. The zero-order valence-corrected chi connectivity index (χ0v) is 10.4. The minimum Gasteiger partial charge on any atom is -0.382 e. The summed E-state index contributed by atoms with van der Waals surface area (Å²) in [5.41, 5.74) is 0. The monoisotopic (exact) mass is 240 g/mol. The molecule has 0 radical (unpaired) electrons. The minimum atomic E-state index is 0.0754. The van der Waals surface area contributed by atoms with Crippen LogP contribution < -0.4 is 5.32 Å². The average Bonchev–Trinajstić information content (AvgIpc) is 2.84. The van der Waals surface area contributed by atoms with Crippen LogP contribution in [0.25, 0.3) is 0 Å². The molecule has 1 atom stereocenters. The molecule has 0 aliphatic carbocycles. The van der Waals surface area contributed by atoms with Crippen molar-refractivity contribution in [1.29, 1.82) is 0 Å². The third-order valence-electron chi connectivity index (χ3n) is 2.56. The van der Waals surface area contributed by atoms with Gasteiger partial charge in [-0.05, 0) is 19.8 Å². The van der Waals surface area contributed by atoms with Gasteiger partial charge in [-0.25, -0.2) is 4.98 Å². The smallest absolute Gasteiger partial charge is 0.220 e. The highest BCUT2D eigenvalue weighted by atomic mass is 16.5. The van der Waals surface area contributed by atoms with Crippen molar-refractivity contribution in [2.75, 3.05) is 13.7 Å². The van der Waals surface area contributed by atoms with Crippen LogP contribution in [0.3, 0.4) is 0 Å². The van der Waals surface area contributed by atoms with Crippen LogP contribution in [0.1, 0.15) is 32.0 Å². The van der Waals surface area contributed by atoms with Gasteiger partial charge in [0, 0.05) is 26.5 Å². The second-order valence-electron chi connectivity index (χ2n) is 3.97. The first-order valence-electron chi connectivity index (χ1n) is 5.86. The fraction of sp³-hybridized carbons (Fsp3) is 0.727. The third-order valence-corrected chi connectivity index (χ3v) is 2.56. The Hall–Kier alpha value is -1.43. The number of hydrogen-bond acceptors (Lipinski definition) is 4. The van der Waals surface area contributed by atoms with Gasteiger partial charge in [0.25, 0.3) is 0 Å². The summed E-state index contributed by atoms with van der Waals surface area (Å²) in [6.07, 6.45) is 4.55. The molecule has 1 aromatic rings. The minimum absolute atomic E-state index is 0.0754. The summed E-state index contributed by atoms with van der Waals surface area (Å²) in [4.78, 5) is 15.4. The maximum absolute atomic E-state index is 11.4. The fourth-order valence-corrected chi connectivity index (χ4v) is 1.38. The Morgan fingerprint density at radius 1 is 1.65 bits per heavy atom. The summed E-state index contributed by atoms with van der Waals surface area (Å²) >= 11 is 0. The lowest BCUT2D eigenvalue weighted by atomic mass is 10.2. The van der Waals surface area contributed by atoms with Crippen LogP contribution in [0, 0.1) is 0 Å². The van der Waals surface area contributed by atoms with Crippen molar-refractivity contribution in [2.24, 2.45) is 0 Å². The Morgan fingerprint density at radius 3 is 3.12 bits per heavy atom. The van der Waals surface area contributed by atoms with Crippen LogP contribution in [0.15, 0.2) is 6.33 Å². The molecule has 17 heavy (non-hydrogen) atoms. The highest BCUT2D eigenvalue weighted by Gasteiger charge is 2.05. The summed E-state index contributed by atoms with van der Waals surface area (Å²) in [6.45, 7) is 2.62. The molecule has 0 fully saturated rings. The summed E-state index contributed by atoms with van der Waals surface area (Å²) in [5.74, 6) is 0.929. The molecule has 0 saturated heterocycles. The first-order chi connectivity index (χ1) is 8.22. The topological polar surface area (TPSA) is 79.9 Å². The van der Waals surface area contributed by atoms with E-state index in [1.54, 1.807) is 7.11 Å². The molecule has 0 saturated carbocycles. The standard InChI is InChI=1S/C11H20N4O2/c1-9(17-2)5-6-11(16)12-7-3-4-10-13-8-14-15-10/h8-9H,3-7H2,1-2H3,(H,12,16)(H,13,14,15). The van der Waals surface area contributed by atoms with Gasteiger partial charge in [0.15, 0.2) is 0 Å². The molecule has 0 aromatic carbocycles. The molecule has 1 rings (SSSR count). The predicted molar refractivity (Wildman–Crippen MR) is 63.4 cm³/mol. The molecular weight excluding hydrogens is 220 g/mol. The van der Waals surface area contributed by atoms with E-state index in [2.05, 4.69) is 20.5 Å². The van der Waals surface area contributed by atoms with Crippen molar-refractivity contribution in [3.8, 4) is 0 Å². The summed E-state index contributed by atoms with van der Waals surface area (Å²) in [5, 5.41) is 9.41. The maximum atomic E-state index is 11.4. The van der Waals surface area contributed by atoms with Gasteiger partial charge in [0.05, 0.1) is 6.10 Å². The second-order valence-corrected chi connectivity index (χ2v) is 3.97. The lowest BCUT2D eigenvalue weighted by molar-refractivity contribution is -0.121. The molecule has 1 aromatic heterocycles. The molecule has 0 aliphatic rings. The molecule has 0 aliphatic heterocycles. The number of aromatic amines is 1. The van der Waals surface area contributed by atoms with Gasteiger partial charge >= 0.3 is 0 Å². The fourth-order valence-electron chi connectivity index (χ4n) is 1.38. The Labute approximate surface area is 101 Å². The number of carbonyl (C=O) groups is 1. The Balaban J connectivity index is 2.00. The number of rotatable bonds is 8. The number of amides is 1. The first kappa shape index (κ1) is 13.6. The average molecular weight is 240 g/mol. The van der Waals surface area contributed by atoms with Crippen molar-refractivity contribution in [3.05, 3.63) is 12.2 Å². The highest BCUT2D eigenvalue weighted by Crippen LogP contribution is 1.99. The maximum Gasteiger partial charge on any atom is 0.220 e. The van der Waals surface area contributed by atoms with Crippen LogP contribution in [-0.2, 0) is 16.0 Å². The molecule has 1 heterocycles. The van der Waals surface area contributed by atoms with Gasteiger partial charge in [0.1, 0.15) is 12.2 Å². The summed E-state index contributed by atoms with van der Waals surface area (Å²) in [7, 11) is 1.65. The lowest BCUT2D eigenvalue weighted by Gasteiger charge is -2.09. The normalized spacial score (nSPS) is 12.4. The number of carbonyl (C=O) groups excluding carboxylic acids is 1. The van der Waals surface area contributed by atoms with Gasteiger partial charge in [-0.1, -0.05) is 0 Å². The van der Waals surface area contributed by atoms with E-state index in [0.717, 1.165) is 25.1 Å². The molecule has 96 valence electrons. The van der Waals surface area contributed by atoms with Crippen LogP contribution in [-0.4, -0.2) is 40.8 Å². The SMILES string of the molecule is COC(C)CCC(=O)NCCCc1ncn[nH]1. The van der Waals surface area contributed by atoms with E-state index in [1.807, 2.05) is 6.92 Å². The van der Waals surface area contributed by atoms with Gasteiger partial charge in [-0.3, -0.25) is 9.89 Å². The van der Waals surface area contributed by atoms with Crippen LogP contribution in [0.4, 0.5) is 0 Å². The Kier molecular flexibility index (Phi) is 6.24. The molecule has 2 N–H and O–H groups in total. The van der Waals surface area contributed by atoms with E-state index in [9.17, 15) is 4.79 Å². The molecule has 0 bridgehead atoms. The van der Waals surface area contributed by atoms with Crippen LogP contribution in [0.5, 0.6) is 0 Å².